The minimum Gasteiger partial charge on any atom is -0.351 e. The third-order valence-electron chi connectivity index (χ3n) is 5.81. The van der Waals surface area contributed by atoms with Gasteiger partial charge in [-0.15, -0.1) is 0 Å². The Morgan fingerprint density at radius 2 is 2.04 bits per heavy atom. The second-order valence-electron chi connectivity index (χ2n) is 7.25. The Balaban J connectivity index is 1.81. The monoisotopic (exact) mass is 369 g/mol. The Kier molecular flexibility index (Phi) is 4.59. The first-order chi connectivity index (χ1) is 12.6. The molecule has 4 rings (SSSR count). The Bertz CT molecular complexity index is 894. The van der Waals surface area contributed by atoms with Crippen molar-refractivity contribution in [1.29, 1.82) is 0 Å². The van der Waals surface area contributed by atoms with Crippen LogP contribution in [0.2, 0.25) is 5.28 Å². The van der Waals surface area contributed by atoms with E-state index in [1.54, 1.807) is 0 Å². The second-order valence-corrected chi connectivity index (χ2v) is 7.59. The fourth-order valence-corrected chi connectivity index (χ4v) is 4.35. The van der Waals surface area contributed by atoms with Crippen molar-refractivity contribution in [3.8, 4) is 0 Å². The van der Waals surface area contributed by atoms with Gasteiger partial charge < -0.3 is 15.2 Å². The standard InChI is InChI=1S/C20H24ClN5/c1-14-8-10-22-13-20(14,12-15-6-4-3-5-7-15)26(2)18-16-9-11-23-17(16)24-19(21)25-18/h3-7,9,11,14,22H,8,10,12-13H2,1-2H3,(H,23,24,25)/t14-,20+/m1/s1. The molecule has 6 heteroatoms. The number of likely N-dealkylation sites (N-methyl/N-ethyl adjacent to an activating group) is 1. The average Bonchev–Trinajstić information content (AvgIpc) is 3.11. The molecule has 3 aromatic rings. The summed E-state index contributed by atoms with van der Waals surface area (Å²) in [6.07, 6.45) is 3.97. The fourth-order valence-electron chi connectivity index (χ4n) is 4.19. The Morgan fingerprint density at radius 3 is 2.81 bits per heavy atom. The molecule has 0 saturated carbocycles. The van der Waals surface area contributed by atoms with Crippen LogP contribution >= 0.6 is 11.6 Å². The van der Waals surface area contributed by atoms with Crippen LogP contribution in [0.15, 0.2) is 42.6 Å². The van der Waals surface area contributed by atoms with Crippen LogP contribution < -0.4 is 10.2 Å². The third kappa shape index (κ3) is 2.95. The zero-order valence-electron chi connectivity index (χ0n) is 15.2. The molecule has 0 bridgehead atoms. The van der Waals surface area contributed by atoms with Gasteiger partial charge in [-0.3, -0.25) is 0 Å². The number of anilines is 1. The molecule has 3 heterocycles. The third-order valence-corrected chi connectivity index (χ3v) is 5.98. The van der Waals surface area contributed by atoms with E-state index in [0.29, 0.717) is 5.92 Å². The minimum atomic E-state index is -0.0819. The van der Waals surface area contributed by atoms with E-state index in [9.17, 15) is 0 Å². The highest BCUT2D eigenvalue weighted by atomic mass is 35.5. The number of nitrogens with one attached hydrogen (secondary N) is 2. The molecular weight excluding hydrogens is 346 g/mol. The van der Waals surface area contributed by atoms with Gasteiger partial charge >= 0.3 is 0 Å². The van der Waals surface area contributed by atoms with Crippen LogP contribution in [0.3, 0.4) is 0 Å². The van der Waals surface area contributed by atoms with E-state index in [1.165, 1.54) is 5.56 Å². The van der Waals surface area contributed by atoms with Gasteiger partial charge in [0.1, 0.15) is 11.5 Å². The Labute approximate surface area is 158 Å². The van der Waals surface area contributed by atoms with Gasteiger partial charge in [-0.25, -0.2) is 0 Å². The molecular formula is C20H24ClN5. The van der Waals surface area contributed by atoms with Gasteiger partial charge in [0.05, 0.1) is 10.9 Å². The van der Waals surface area contributed by atoms with Gasteiger partial charge in [0.25, 0.3) is 0 Å². The predicted octanol–water partition coefficient (Wildman–Crippen LogP) is 3.66. The molecule has 1 aromatic carbocycles. The molecule has 0 radical (unpaired) electrons. The number of H-pyrrole nitrogens is 1. The van der Waals surface area contributed by atoms with Crippen molar-refractivity contribution >= 4 is 28.5 Å². The number of piperidine rings is 1. The Hall–Kier alpha value is -2.11. The summed E-state index contributed by atoms with van der Waals surface area (Å²) in [5, 5.41) is 4.88. The number of aromatic amines is 1. The van der Waals surface area contributed by atoms with Gasteiger partial charge in [-0.1, -0.05) is 37.3 Å². The lowest BCUT2D eigenvalue weighted by atomic mass is 9.74. The highest BCUT2D eigenvalue weighted by molar-refractivity contribution is 6.28. The summed E-state index contributed by atoms with van der Waals surface area (Å²) in [5.41, 5.74) is 2.03. The highest BCUT2D eigenvalue weighted by Crippen LogP contribution is 2.37. The van der Waals surface area contributed by atoms with E-state index >= 15 is 0 Å². The molecule has 0 spiro atoms. The molecule has 5 nitrogen and oxygen atoms in total. The molecule has 1 aliphatic rings. The van der Waals surface area contributed by atoms with Gasteiger partial charge in [0, 0.05) is 19.8 Å². The normalized spacial score (nSPS) is 23.3. The quantitative estimate of drug-likeness (QED) is 0.689. The van der Waals surface area contributed by atoms with Crippen molar-refractivity contribution in [3.05, 3.63) is 53.4 Å². The predicted molar refractivity (Wildman–Crippen MR) is 107 cm³/mol. The van der Waals surface area contributed by atoms with Gasteiger partial charge in [0.15, 0.2) is 0 Å². The van der Waals surface area contributed by atoms with E-state index in [2.05, 4.69) is 69.5 Å². The van der Waals surface area contributed by atoms with Crippen LogP contribution in [0.1, 0.15) is 18.9 Å². The largest absolute Gasteiger partial charge is 0.351 e. The summed E-state index contributed by atoms with van der Waals surface area (Å²) in [4.78, 5) is 14.4. The molecule has 1 fully saturated rings. The van der Waals surface area contributed by atoms with Crippen molar-refractivity contribution in [2.75, 3.05) is 25.0 Å². The van der Waals surface area contributed by atoms with Gasteiger partial charge in [-0.05, 0) is 48.5 Å². The van der Waals surface area contributed by atoms with Crippen molar-refractivity contribution in [3.63, 3.8) is 0 Å². The first kappa shape index (κ1) is 17.3. The SMILES string of the molecule is C[C@@H]1CCNC[C@]1(Cc1ccccc1)N(C)c1nc(Cl)nc2[nH]ccc12. The summed E-state index contributed by atoms with van der Waals surface area (Å²) < 4.78 is 0. The van der Waals surface area contributed by atoms with Crippen molar-refractivity contribution in [2.45, 2.75) is 25.3 Å². The number of nitrogens with zero attached hydrogens (tertiary/aromatic N) is 3. The molecule has 0 aliphatic carbocycles. The fraction of sp³-hybridized carbons (Fsp3) is 0.400. The molecule has 2 aromatic heterocycles. The minimum absolute atomic E-state index is 0.0819. The molecule has 1 aliphatic heterocycles. The molecule has 136 valence electrons. The van der Waals surface area contributed by atoms with E-state index in [4.69, 9.17) is 11.6 Å². The second kappa shape index (κ2) is 6.89. The first-order valence-corrected chi connectivity index (χ1v) is 9.47. The molecule has 0 amide bonds. The number of hydrogen-bond donors (Lipinski definition) is 2. The van der Waals surface area contributed by atoms with Crippen LogP contribution in [0, 0.1) is 5.92 Å². The maximum atomic E-state index is 6.22. The summed E-state index contributed by atoms with van der Waals surface area (Å²) in [6.45, 7) is 4.31. The van der Waals surface area contributed by atoms with Crippen LogP contribution in [0.25, 0.3) is 11.0 Å². The molecule has 2 atom stereocenters. The lowest BCUT2D eigenvalue weighted by Gasteiger charge is -2.50. The van der Waals surface area contributed by atoms with Crippen molar-refractivity contribution in [2.24, 2.45) is 5.92 Å². The molecule has 1 saturated heterocycles. The maximum Gasteiger partial charge on any atom is 0.226 e. The zero-order valence-corrected chi connectivity index (χ0v) is 15.9. The van der Waals surface area contributed by atoms with Crippen LogP contribution in [0.4, 0.5) is 5.82 Å². The lowest BCUT2D eigenvalue weighted by molar-refractivity contribution is 0.211. The summed E-state index contributed by atoms with van der Waals surface area (Å²) in [7, 11) is 2.14. The van der Waals surface area contributed by atoms with E-state index < -0.39 is 0 Å². The zero-order chi connectivity index (χ0) is 18.1. The topological polar surface area (TPSA) is 56.8 Å². The molecule has 2 N–H and O–H groups in total. The van der Waals surface area contributed by atoms with Crippen molar-refractivity contribution < 1.29 is 0 Å². The van der Waals surface area contributed by atoms with Crippen LogP contribution in [-0.2, 0) is 6.42 Å². The summed E-state index contributed by atoms with van der Waals surface area (Å²) >= 11 is 6.22. The van der Waals surface area contributed by atoms with Gasteiger partial charge in [-0.2, -0.15) is 9.97 Å². The number of aromatic nitrogens is 3. The number of halogens is 1. The van der Waals surface area contributed by atoms with E-state index in [0.717, 1.165) is 42.8 Å². The lowest BCUT2D eigenvalue weighted by Crippen LogP contribution is -2.62. The number of hydrogen-bond acceptors (Lipinski definition) is 4. The molecule has 26 heavy (non-hydrogen) atoms. The van der Waals surface area contributed by atoms with Crippen LogP contribution in [-0.4, -0.2) is 40.6 Å². The molecule has 0 unspecified atom stereocenters. The van der Waals surface area contributed by atoms with Crippen LogP contribution in [0.5, 0.6) is 0 Å². The number of fused-ring (bicyclic) bond motifs is 1. The average molecular weight is 370 g/mol. The number of rotatable bonds is 4. The summed E-state index contributed by atoms with van der Waals surface area (Å²) in [5.74, 6) is 1.39. The van der Waals surface area contributed by atoms with Crippen molar-refractivity contribution in [1.82, 2.24) is 20.3 Å². The smallest absolute Gasteiger partial charge is 0.226 e. The van der Waals surface area contributed by atoms with E-state index in [1.807, 2.05) is 12.3 Å². The number of benzene rings is 1. The Morgan fingerprint density at radius 1 is 1.23 bits per heavy atom. The maximum absolute atomic E-state index is 6.22. The highest BCUT2D eigenvalue weighted by Gasteiger charge is 2.43. The van der Waals surface area contributed by atoms with Gasteiger partial charge in [0.2, 0.25) is 5.28 Å². The first-order valence-electron chi connectivity index (χ1n) is 9.09. The van der Waals surface area contributed by atoms with E-state index in [-0.39, 0.29) is 10.8 Å². The summed E-state index contributed by atoms with van der Waals surface area (Å²) in [6, 6.07) is 12.7.